The monoisotopic (exact) mass is 576 g/mol. The Morgan fingerprint density at radius 3 is 2.38 bits per heavy atom. The summed E-state index contributed by atoms with van der Waals surface area (Å²) in [7, 11) is -0.304. The van der Waals surface area contributed by atoms with Gasteiger partial charge in [0.2, 0.25) is 10.0 Å². The van der Waals surface area contributed by atoms with Crippen molar-refractivity contribution in [1.82, 2.24) is 18.8 Å². The molecule has 39 heavy (non-hydrogen) atoms. The largest absolute Gasteiger partial charge is 0.497 e. The molecule has 1 aromatic heterocycles. The van der Waals surface area contributed by atoms with Crippen LogP contribution in [0.15, 0.2) is 46.5 Å². The van der Waals surface area contributed by atoms with Crippen molar-refractivity contribution in [2.75, 3.05) is 73.4 Å². The van der Waals surface area contributed by atoms with Crippen molar-refractivity contribution in [3.63, 3.8) is 0 Å². The highest BCUT2D eigenvalue weighted by molar-refractivity contribution is 7.98. The van der Waals surface area contributed by atoms with Gasteiger partial charge in [-0.15, -0.1) is 0 Å². The zero-order valence-electron chi connectivity index (χ0n) is 22.5. The lowest BCUT2D eigenvalue weighted by Gasteiger charge is -2.26. The van der Waals surface area contributed by atoms with Crippen molar-refractivity contribution in [3.05, 3.63) is 42.0 Å². The molecule has 0 amide bonds. The van der Waals surface area contributed by atoms with E-state index >= 15 is 0 Å². The highest BCUT2D eigenvalue weighted by Gasteiger charge is 2.27. The first-order valence-electron chi connectivity index (χ1n) is 13.2. The Kier molecular flexibility index (Phi) is 9.31. The number of thioether (sulfide) groups is 1. The third-order valence-electron chi connectivity index (χ3n) is 7.10. The summed E-state index contributed by atoms with van der Waals surface area (Å²) in [6, 6.07) is 11.1. The fourth-order valence-corrected chi connectivity index (χ4v) is 7.37. The number of ether oxygens (including phenoxy) is 4. The molecule has 2 aliphatic heterocycles. The number of methoxy groups -OCH3 is 2. The van der Waals surface area contributed by atoms with Gasteiger partial charge in [-0.1, -0.05) is 11.8 Å². The maximum Gasteiger partial charge on any atom is 0.243 e. The number of aromatic nitrogens is 2. The molecule has 0 radical (unpaired) electrons. The number of imidazole rings is 1. The molecule has 212 valence electrons. The van der Waals surface area contributed by atoms with Crippen molar-refractivity contribution in [3.8, 4) is 11.5 Å². The van der Waals surface area contributed by atoms with Crippen LogP contribution in [0.3, 0.4) is 0 Å². The maximum absolute atomic E-state index is 13.3. The predicted octanol–water partition coefficient (Wildman–Crippen LogP) is 3.09. The Bertz CT molecular complexity index is 1370. The molecule has 0 unspecified atom stereocenters. The van der Waals surface area contributed by atoms with E-state index in [1.807, 2.05) is 24.3 Å². The molecular formula is C27H36N4O6S2. The van der Waals surface area contributed by atoms with E-state index in [0.717, 1.165) is 73.5 Å². The van der Waals surface area contributed by atoms with Crippen molar-refractivity contribution in [2.24, 2.45) is 0 Å². The summed E-state index contributed by atoms with van der Waals surface area (Å²) in [5.41, 5.74) is 2.61. The first-order chi connectivity index (χ1) is 19.0. The Hall–Kier alpha value is -2.35. The Balaban J connectivity index is 1.42. The van der Waals surface area contributed by atoms with Gasteiger partial charge in [0.25, 0.3) is 0 Å². The molecule has 0 aliphatic carbocycles. The summed E-state index contributed by atoms with van der Waals surface area (Å²) in [5.74, 6) is 2.19. The first kappa shape index (κ1) is 28.2. The fourth-order valence-electron chi connectivity index (χ4n) is 4.92. The standard InChI is InChI=1S/C27H36N4O6S2/c1-34-22-4-7-26(35-2)21(18-22)20-38-27-28-24-19-23(39(32,33)30-12-16-37-17-13-30)5-6-25(24)31(27)9-3-8-29-10-14-36-15-11-29/h4-7,18-19H,3,8-17,20H2,1-2H3. The molecule has 5 rings (SSSR count). The van der Waals surface area contributed by atoms with Gasteiger partial charge in [-0.2, -0.15) is 4.31 Å². The summed E-state index contributed by atoms with van der Waals surface area (Å²) in [6.45, 7) is 6.74. The van der Waals surface area contributed by atoms with E-state index in [9.17, 15) is 8.42 Å². The lowest BCUT2D eigenvalue weighted by Crippen LogP contribution is -2.40. The SMILES string of the molecule is COc1ccc(OC)c(CSc2nc3cc(S(=O)(=O)N4CCOCC4)ccc3n2CCCN2CCOCC2)c1. The number of fused-ring (bicyclic) bond motifs is 1. The van der Waals surface area contributed by atoms with Crippen LogP contribution < -0.4 is 9.47 Å². The number of hydrogen-bond acceptors (Lipinski definition) is 9. The third-order valence-corrected chi connectivity index (χ3v) is 10.0. The summed E-state index contributed by atoms with van der Waals surface area (Å²) < 4.78 is 52.1. The normalized spacial score (nSPS) is 17.5. The van der Waals surface area contributed by atoms with Gasteiger partial charge in [0, 0.05) is 50.6 Å². The molecule has 2 aromatic carbocycles. The average molecular weight is 577 g/mol. The number of nitrogens with zero attached hydrogens (tertiary/aromatic N) is 4. The summed E-state index contributed by atoms with van der Waals surface area (Å²) >= 11 is 1.61. The predicted molar refractivity (Wildman–Crippen MR) is 150 cm³/mol. The molecule has 0 bridgehead atoms. The van der Waals surface area contributed by atoms with Crippen LogP contribution in [0.1, 0.15) is 12.0 Å². The Labute approximate surface area is 234 Å². The van der Waals surface area contributed by atoms with Crippen LogP contribution >= 0.6 is 11.8 Å². The molecule has 0 saturated carbocycles. The number of sulfonamides is 1. The van der Waals surface area contributed by atoms with E-state index in [0.29, 0.717) is 37.6 Å². The quantitative estimate of drug-likeness (QED) is 0.319. The molecule has 0 N–H and O–H groups in total. The van der Waals surface area contributed by atoms with Crippen LogP contribution in [0, 0.1) is 0 Å². The van der Waals surface area contributed by atoms with Crippen LogP contribution in [0.25, 0.3) is 11.0 Å². The smallest absolute Gasteiger partial charge is 0.243 e. The van der Waals surface area contributed by atoms with Gasteiger partial charge in [-0.25, -0.2) is 13.4 Å². The third kappa shape index (κ3) is 6.53. The molecule has 2 saturated heterocycles. The fraction of sp³-hybridized carbons (Fsp3) is 0.519. The van der Waals surface area contributed by atoms with E-state index in [4.69, 9.17) is 23.9 Å². The second-order valence-corrected chi connectivity index (χ2v) is 12.4. The highest BCUT2D eigenvalue weighted by Crippen LogP contribution is 2.33. The number of aryl methyl sites for hydroxylation is 1. The van der Waals surface area contributed by atoms with E-state index in [-0.39, 0.29) is 4.90 Å². The topological polar surface area (TPSA) is 95.4 Å². The van der Waals surface area contributed by atoms with Gasteiger partial charge < -0.3 is 23.5 Å². The minimum atomic E-state index is -3.61. The van der Waals surface area contributed by atoms with Gasteiger partial charge in [-0.3, -0.25) is 4.90 Å². The zero-order chi connectivity index (χ0) is 27.2. The molecular weight excluding hydrogens is 540 g/mol. The van der Waals surface area contributed by atoms with E-state index < -0.39 is 10.0 Å². The van der Waals surface area contributed by atoms with Crippen LogP contribution in [0.4, 0.5) is 0 Å². The number of benzene rings is 2. The van der Waals surface area contributed by atoms with Gasteiger partial charge in [0.1, 0.15) is 11.5 Å². The van der Waals surface area contributed by atoms with Gasteiger partial charge in [0.15, 0.2) is 5.16 Å². The molecule has 3 heterocycles. The number of morpholine rings is 2. The average Bonchev–Trinajstić information content (AvgIpc) is 3.33. The molecule has 2 aliphatic rings. The summed E-state index contributed by atoms with van der Waals surface area (Å²) in [5, 5.41) is 0.845. The first-order valence-corrected chi connectivity index (χ1v) is 15.6. The number of rotatable bonds is 11. The second-order valence-electron chi connectivity index (χ2n) is 9.49. The minimum Gasteiger partial charge on any atom is -0.497 e. The molecule has 0 atom stereocenters. The zero-order valence-corrected chi connectivity index (χ0v) is 24.1. The lowest BCUT2D eigenvalue weighted by molar-refractivity contribution is 0.0369. The van der Waals surface area contributed by atoms with E-state index in [1.54, 1.807) is 38.1 Å². The second kappa shape index (κ2) is 12.9. The van der Waals surface area contributed by atoms with Crippen molar-refractivity contribution < 1.29 is 27.4 Å². The van der Waals surface area contributed by atoms with Crippen LogP contribution in [-0.4, -0.2) is 101 Å². The van der Waals surface area contributed by atoms with Crippen LogP contribution in [-0.2, 0) is 31.8 Å². The van der Waals surface area contributed by atoms with Gasteiger partial charge in [-0.05, 0) is 42.8 Å². The minimum absolute atomic E-state index is 0.265. The van der Waals surface area contributed by atoms with Gasteiger partial charge in [0.05, 0.1) is 56.6 Å². The molecule has 0 spiro atoms. The van der Waals surface area contributed by atoms with Crippen molar-refractivity contribution in [2.45, 2.75) is 28.8 Å². The summed E-state index contributed by atoms with van der Waals surface area (Å²) in [6.07, 6.45) is 0.954. The van der Waals surface area contributed by atoms with Crippen LogP contribution in [0.2, 0.25) is 0 Å². The molecule has 3 aromatic rings. The van der Waals surface area contributed by atoms with Gasteiger partial charge >= 0.3 is 0 Å². The van der Waals surface area contributed by atoms with Crippen LogP contribution in [0.5, 0.6) is 11.5 Å². The Morgan fingerprint density at radius 1 is 0.923 bits per heavy atom. The molecule has 10 nitrogen and oxygen atoms in total. The van der Waals surface area contributed by atoms with Crippen molar-refractivity contribution >= 4 is 32.8 Å². The highest BCUT2D eigenvalue weighted by atomic mass is 32.2. The lowest BCUT2D eigenvalue weighted by atomic mass is 10.2. The van der Waals surface area contributed by atoms with E-state index in [2.05, 4.69) is 9.47 Å². The number of hydrogen-bond donors (Lipinski definition) is 0. The van der Waals surface area contributed by atoms with Crippen molar-refractivity contribution in [1.29, 1.82) is 0 Å². The molecule has 12 heteroatoms. The summed E-state index contributed by atoms with van der Waals surface area (Å²) in [4.78, 5) is 7.61. The van der Waals surface area contributed by atoms with E-state index in [1.165, 1.54) is 4.31 Å². The maximum atomic E-state index is 13.3. The Morgan fingerprint density at radius 2 is 1.67 bits per heavy atom. The molecule has 2 fully saturated rings.